The van der Waals surface area contributed by atoms with Gasteiger partial charge in [0, 0.05) is 18.7 Å². The Morgan fingerprint density at radius 1 is 1.45 bits per heavy atom. The van der Waals surface area contributed by atoms with E-state index >= 15 is 0 Å². The number of likely N-dealkylation sites (tertiary alicyclic amines) is 1. The molecule has 0 radical (unpaired) electrons. The van der Waals surface area contributed by atoms with Crippen molar-refractivity contribution in [3.05, 3.63) is 35.4 Å². The molecule has 2 saturated heterocycles. The summed E-state index contributed by atoms with van der Waals surface area (Å²) in [5, 5.41) is 9.01. The van der Waals surface area contributed by atoms with Gasteiger partial charge >= 0.3 is 0 Å². The number of nitrogens with zero attached hydrogens (tertiary/aromatic N) is 3. The van der Waals surface area contributed by atoms with Crippen LogP contribution < -0.4 is 0 Å². The molecule has 0 saturated carbocycles. The van der Waals surface area contributed by atoms with Crippen molar-refractivity contribution in [1.29, 1.82) is 5.26 Å². The number of hydrogen-bond donors (Lipinski definition) is 0. The summed E-state index contributed by atoms with van der Waals surface area (Å²) in [6.07, 6.45) is 2.06. The minimum atomic E-state index is 0.00181. The summed E-state index contributed by atoms with van der Waals surface area (Å²) in [6.45, 7) is 1.45. The van der Waals surface area contributed by atoms with Crippen LogP contribution in [0, 0.1) is 11.3 Å². The molecule has 2 fully saturated rings. The molecule has 1 aromatic rings. The van der Waals surface area contributed by atoms with Crippen LogP contribution in [0.25, 0.3) is 0 Å². The van der Waals surface area contributed by atoms with Crippen LogP contribution in [-0.4, -0.2) is 61.1 Å². The number of ether oxygens (including phenoxy) is 1. The minimum Gasteiger partial charge on any atom is -0.374 e. The predicted octanol–water partition coefficient (Wildman–Crippen LogP) is 1.49. The summed E-state index contributed by atoms with van der Waals surface area (Å²) in [7, 11) is 4.06. The molecular formula is C17H21N3O2. The first-order valence-electron chi connectivity index (χ1n) is 7.71. The molecule has 1 amide bonds. The topological polar surface area (TPSA) is 56.6 Å². The summed E-state index contributed by atoms with van der Waals surface area (Å²) in [4.78, 5) is 17.0. The molecule has 0 bridgehead atoms. The van der Waals surface area contributed by atoms with E-state index in [2.05, 4.69) is 11.0 Å². The zero-order valence-electron chi connectivity index (χ0n) is 13.0. The Morgan fingerprint density at radius 2 is 2.27 bits per heavy atom. The Labute approximate surface area is 131 Å². The van der Waals surface area contributed by atoms with E-state index in [0.29, 0.717) is 17.7 Å². The lowest BCUT2D eigenvalue weighted by atomic mass is 10.00. The van der Waals surface area contributed by atoms with Crippen LogP contribution in [0.4, 0.5) is 0 Å². The van der Waals surface area contributed by atoms with E-state index in [0.717, 1.165) is 19.4 Å². The van der Waals surface area contributed by atoms with Crippen LogP contribution in [0.1, 0.15) is 28.8 Å². The molecule has 3 rings (SSSR count). The van der Waals surface area contributed by atoms with E-state index in [4.69, 9.17) is 10.00 Å². The van der Waals surface area contributed by atoms with Gasteiger partial charge < -0.3 is 14.5 Å². The summed E-state index contributed by atoms with van der Waals surface area (Å²) >= 11 is 0. The van der Waals surface area contributed by atoms with E-state index in [-0.39, 0.29) is 24.1 Å². The molecule has 1 aromatic carbocycles. The fourth-order valence-corrected chi connectivity index (χ4v) is 3.51. The average Bonchev–Trinajstić information content (AvgIpc) is 2.94. The minimum absolute atomic E-state index is 0.00181. The maximum absolute atomic E-state index is 12.9. The highest BCUT2D eigenvalue weighted by Crippen LogP contribution is 2.32. The lowest BCUT2D eigenvalue weighted by Crippen LogP contribution is -2.45. The smallest absolute Gasteiger partial charge is 0.254 e. The summed E-state index contributed by atoms with van der Waals surface area (Å²) < 4.78 is 5.95. The van der Waals surface area contributed by atoms with E-state index in [9.17, 15) is 4.79 Å². The number of rotatable bonds is 2. The quantitative estimate of drug-likeness (QED) is 0.830. The van der Waals surface area contributed by atoms with E-state index in [1.54, 1.807) is 24.3 Å². The highest BCUT2D eigenvalue weighted by molar-refractivity contribution is 5.95. The predicted molar refractivity (Wildman–Crippen MR) is 82.4 cm³/mol. The number of fused-ring (bicyclic) bond motifs is 1. The van der Waals surface area contributed by atoms with Gasteiger partial charge in [-0.3, -0.25) is 4.79 Å². The number of likely N-dealkylation sites (N-methyl/N-ethyl adjacent to an activating group) is 1. The molecule has 0 N–H and O–H groups in total. The highest BCUT2D eigenvalue weighted by atomic mass is 16.5. The first-order valence-corrected chi connectivity index (χ1v) is 7.71. The summed E-state index contributed by atoms with van der Waals surface area (Å²) in [5.74, 6) is 0.00181. The highest BCUT2D eigenvalue weighted by Gasteiger charge is 2.46. The maximum atomic E-state index is 12.9. The fraction of sp³-hybridized carbons (Fsp3) is 0.529. The number of carbonyl (C=O) groups is 1. The molecule has 0 aliphatic carbocycles. The average molecular weight is 299 g/mol. The third-order valence-electron chi connectivity index (χ3n) is 4.66. The van der Waals surface area contributed by atoms with Gasteiger partial charge in [-0.1, -0.05) is 6.07 Å². The fourth-order valence-electron chi connectivity index (χ4n) is 3.51. The lowest BCUT2D eigenvalue weighted by molar-refractivity contribution is -0.0312. The Morgan fingerprint density at radius 3 is 3.00 bits per heavy atom. The van der Waals surface area contributed by atoms with E-state index in [1.807, 2.05) is 19.0 Å². The Hall–Kier alpha value is -1.90. The maximum Gasteiger partial charge on any atom is 0.254 e. The van der Waals surface area contributed by atoms with Crippen molar-refractivity contribution >= 4 is 5.91 Å². The summed E-state index contributed by atoms with van der Waals surface area (Å²) in [6, 6.07) is 9.40. The molecule has 2 heterocycles. The van der Waals surface area contributed by atoms with Gasteiger partial charge in [-0.25, -0.2) is 0 Å². The van der Waals surface area contributed by atoms with Crippen molar-refractivity contribution in [3.8, 4) is 6.07 Å². The Kier molecular flexibility index (Phi) is 4.14. The van der Waals surface area contributed by atoms with Crippen molar-refractivity contribution in [3.63, 3.8) is 0 Å². The van der Waals surface area contributed by atoms with Crippen molar-refractivity contribution in [2.24, 2.45) is 0 Å². The van der Waals surface area contributed by atoms with Gasteiger partial charge in [-0.05, 0) is 45.1 Å². The van der Waals surface area contributed by atoms with E-state index < -0.39 is 0 Å². The second kappa shape index (κ2) is 6.07. The van der Waals surface area contributed by atoms with Gasteiger partial charge in [0.15, 0.2) is 0 Å². The molecule has 0 unspecified atom stereocenters. The van der Waals surface area contributed by atoms with Crippen LogP contribution in [0.3, 0.4) is 0 Å². The number of carbonyl (C=O) groups excluding carboxylic acids is 1. The third-order valence-corrected chi connectivity index (χ3v) is 4.66. The Balaban J connectivity index is 1.86. The molecule has 0 aromatic heterocycles. The lowest BCUT2D eigenvalue weighted by Gasteiger charge is -2.33. The molecule has 2 aliphatic rings. The van der Waals surface area contributed by atoms with Gasteiger partial charge in [-0.15, -0.1) is 0 Å². The molecule has 5 nitrogen and oxygen atoms in total. The van der Waals surface area contributed by atoms with E-state index in [1.165, 1.54) is 0 Å². The van der Waals surface area contributed by atoms with Gasteiger partial charge in [-0.2, -0.15) is 5.26 Å². The normalized spacial score (nSPS) is 27.5. The zero-order valence-corrected chi connectivity index (χ0v) is 13.0. The largest absolute Gasteiger partial charge is 0.374 e. The van der Waals surface area contributed by atoms with Crippen LogP contribution in [0.5, 0.6) is 0 Å². The van der Waals surface area contributed by atoms with Crippen molar-refractivity contribution in [2.45, 2.75) is 31.0 Å². The van der Waals surface area contributed by atoms with Crippen LogP contribution in [0.15, 0.2) is 24.3 Å². The molecule has 5 heteroatoms. The monoisotopic (exact) mass is 299 g/mol. The van der Waals surface area contributed by atoms with Gasteiger partial charge in [0.05, 0.1) is 29.8 Å². The van der Waals surface area contributed by atoms with Crippen molar-refractivity contribution < 1.29 is 9.53 Å². The number of nitriles is 1. The number of benzene rings is 1. The second-order valence-corrected chi connectivity index (χ2v) is 6.23. The third kappa shape index (κ3) is 2.60. The summed E-state index contributed by atoms with van der Waals surface area (Å²) in [5.41, 5.74) is 1.11. The first-order chi connectivity index (χ1) is 10.6. The molecule has 3 atom stereocenters. The van der Waals surface area contributed by atoms with Crippen molar-refractivity contribution in [2.75, 3.05) is 27.2 Å². The van der Waals surface area contributed by atoms with Crippen LogP contribution >= 0.6 is 0 Å². The van der Waals surface area contributed by atoms with Gasteiger partial charge in [0.1, 0.15) is 0 Å². The zero-order chi connectivity index (χ0) is 15.7. The molecule has 2 aliphatic heterocycles. The number of amides is 1. The Bertz CT molecular complexity index is 608. The van der Waals surface area contributed by atoms with Gasteiger partial charge in [0.25, 0.3) is 5.91 Å². The van der Waals surface area contributed by atoms with Gasteiger partial charge in [0.2, 0.25) is 0 Å². The van der Waals surface area contributed by atoms with Crippen molar-refractivity contribution in [1.82, 2.24) is 9.80 Å². The molecular weight excluding hydrogens is 278 g/mol. The first kappa shape index (κ1) is 15.0. The standard InChI is InChI=1S/C17H21N3O2/c1-19(2)15-11-20(14-7-4-8-22-16(14)15)17(21)13-6-3-5-12(9-13)10-18/h3,5-6,9,14-16H,4,7-8,11H2,1-2H3/t14-,15-,16+/m1/s1. The number of hydrogen-bond acceptors (Lipinski definition) is 4. The second-order valence-electron chi connectivity index (χ2n) is 6.23. The SMILES string of the molecule is CN(C)[C@@H]1CN(C(=O)c2cccc(C#N)c2)[C@@H]2CCCO[C@H]12. The van der Waals surface area contributed by atoms with Crippen LogP contribution in [0.2, 0.25) is 0 Å². The molecule has 22 heavy (non-hydrogen) atoms. The van der Waals surface area contributed by atoms with Crippen LogP contribution in [-0.2, 0) is 4.74 Å². The molecule has 116 valence electrons. The molecule has 0 spiro atoms.